The fourth-order valence-corrected chi connectivity index (χ4v) is 3.33. The second-order valence-corrected chi connectivity index (χ2v) is 6.91. The highest BCUT2D eigenvalue weighted by atomic mass is 16.5. The molecule has 0 bridgehead atoms. The van der Waals surface area contributed by atoms with E-state index in [0.29, 0.717) is 23.8 Å². The summed E-state index contributed by atoms with van der Waals surface area (Å²) in [5.74, 6) is 0.745. The Morgan fingerprint density at radius 3 is 2.75 bits per heavy atom. The largest absolute Gasteiger partial charge is 0.496 e. The number of nitrogens with zero attached hydrogens (tertiary/aromatic N) is 3. The Balaban J connectivity index is 1.72. The van der Waals surface area contributed by atoms with Gasteiger partial charge in [0, 0.05) is 25.3 Å². The van der Waals surface area contributed by atoms with E-state index in [4.69, 9.17) is 10.5 Å². The lowest BCUT2D eigenvalue weighted by Gasteiger charge is -2.31. The Morgan fingerprint density at radius 2 is 2.11 bits per heavy atom. The van der Waals surface area contributed by atoms with Gasteiger partial charge in [0.2, 0.25) is 11.7 Å². The van der Waals surface area contributed by atoms with Crippen molar-refractivity contribution in [2.24, 2.45) is 0 Å². The highest BCUT2D eigenvalue weighted by molar-refractivity contribution is 6.13. The third kappa shape index (κ3) is 4.45. The molecule has 2 aromatic rings. The maximum absolute atomic E-state index is 12.9. The molecule has 28 heavy (non-hydrogen) atoms. The minimum atomic E-state index is -0.272. The lowest BCUT2D eigenvalue weighted by Crippen LogP contribution is -2.40. The van der Waals surface area contributed by atoms with Gasteiger partial charge in [-0.05, 0) is 31.9 Å². The average molecular weight is 383 g/mol. The van der Waals surface area contributed by atoms with Gasteiger partial charge >= 0.3 is 0 Å². The summed E-state index contributed by atoms with van der Waals surface area (Å²) in [5, 5.41) is 3.27. The molecule has 1 aliphatic heterocycles. The topological polar surface area (TPSA) is 110 Å². The number of rotatable bonds is 7. The van der Waals surface area contributed by atoms with Crippen LogP contribution in [0.25, 0.3) is 0 Å². The summed E-state index contributed by atoms with van der Waals surface area (Å²) in [7, 11) is 1.52. The number of piperidine rings is 1. The van der Waals surface area contributed by atoms with Gasteiger partial charge < -0.3 is 20.6 Å². The first kappa shape index (κ1) is 19.8. The number of methoxy groups -OCH3 is 1. The van der Waals surface area contributed by atoms with Crippen LogP contribution in [-0.4, -0.2) is 59.7 Å². The molecular formula is C20H25N5O3. The van der Waals surface area contributed by atoms with Crippen LogP contribution in [0.2, 0.25) is 0 Å². The molecule has 0 radical (unpaired) electrons. The highest BCUT2D eigenvalue weighted by Crippen LogP contribution is 2.25. The van der Waals surface area contributed by atoms with Crippen molar-refractivity contribution in [2.75, 3.05) is 37.8 Å². The van der Waals surface area contributed by atoms with Crippen LogP contribution in [-0.2, 0) is 4.79 Å². The molecule has 0 aliphatic carbocycles. The van der Waals surface area contributed by atoms with E-state index in [1.54, 1.807) is 12.1 Å². The van der Waals surface area contributed by atoms with E-state index in [0.717, 1.165) is 37.8 Å². The smallest absolute Gasteiger partial charge is 0.224 e. The molecule has 1 aromatic heterocycles. The number of anilines is 2. The van der Waals surface area contributed by atoms with Crippen molar-refractivity contribution in [3.05, 3.63) is 41.1 Å². The maximum Gasteiger partial charge on any atom is 0.224 e. The number of ether oxygens (including phenoxy) is 1. The maximum atomic E-state index is 12.9. The third-order valence-corrected chi connectivity index (χ3v) is 4.92. The van der Waals surface area contributed by atoms with Gasteiger partial charge in [-0.25, -0.2) is 4.98 Å². The fourth-order valence-electron chi connectivity index (χ4n) is 3.33. The van der Waals surface area contributed by atoms with Crippen LogP contribution in [0.1, 0.15) is 34.3 Å². The molecule has 1 aliphatic rings. The standard InChI is InChI=1S/C20H25N5O3/c1-13-3-4-17(28-2)15(11-13)18(27)16-12-22-20(24-19(16)21)23-14-5-7-25(8-6-14)9-10-26/h3-4,10-12,14H,5-9H2,1-2H3,(H3,21,22,23,24). The minimum Gasteiger partial charge on any atom is -0.496 e. The summed E-state index contributed by atoms with van der Waals surface area (Å²) in [6, 6.07) is 5.61. The van der Waals surface area contributed by atoms with Gasteiger partial charge in [-0.1, -0.05) is 11.6 Å². The zero-order valence-corrected chi connectivity index (χ0v) is 16.1. The summed E-state index contributed by atoms with van der Waals surface area (Å²) < 4.78 is 5.29. The van der Waals surface area contributed by atoms with E-state index in [-0.39, 0.29) is 23.2 Å². The molecule has 148 valence electrons. The van der Waals surface area contributed by atoms with Crippen LogP contribution in [0, 0.1) is 6.92 Å². The predicted octanol–water partition coefficient (Wildman–Crippen LogP) is 1.68. The molecule has 0 spiro atoms. The molecule has 8 heteroatoms. The van der Waals surface area contributed by atoms with E-state index in [2.05, 4.69) is 20.2 Å². The van der Waals surface area contributed by atoms with E-state index >= 15 is 0 Å². The summed E-state index contributed by atoms with van der Waals surface area (Å²) in [4.78, 5) is 34.2. The first-order valence-corrected chi connectivity index (χ1v) is 9.26. The number of carbonyl (C=O) groups excluding carboxylic acids is 2. The number of hydrogen-bond donors (Lipinski definition) is 2. The zero-order valence-electron chi connectivity index (χ0n) is 16.1. The van der Waals surface area contributed by atoms with Crippen LogP contribution in [0.4, 0.5) is 11.8 Å². The number of aromatic nitrogens is 2. The van der Waals surface area contributed by atoms with Crippen molar-refractivity contribution in [2.45, 2.75) is 25.8 Å². The second kappa shape index (κ2) is 8.79. The molecule has 1 saturated heterocycles. The molecule has 1 fully saturated rings. The summed E-state index contributed by atoms with van der Waals surface area (Å²) in [6.07, 6.45) is 4.16. The Bertz CT molecular complexity index is 863. The second-order valence-electron chi connectivity index (χ2n) is 6.91. The number of likely N-dealkylation sites (tertiary alicyclic amines) is 1. The van der Waals surface area contributed by atoms with Crippen molar-refractivity contribution in [3.63, 3.8) is 0 Å². The van der Waals surface area contributed by atoms with Gasteiger partial charge in [0.1, 0.15) is 17.9 Å². The number of aldehydes is 1. The van der Waals surface area contributed by atoms with Crippen LogP contribution in [0.15, 0.2) is 24.4 Å². The number of benzene rings is 1. The van der Waals surface area contributed by atoms with Gasteiger partial charge in [0.25, 0.3) is 0 Å². The van der Waals surface area contributed by atoms with Crippen molar-refractivity contribution < 1.29 is 14.3 Å². The molecule has 0 atom stereocenters. The van der Waals surface area contributed by atoms with Gasteiger partial charge in [-0.15, -0.1) is 0 Å². The van der Waals surface area contributed by atoms with Crippen LogP contribution in [0.5, 0.6) is 5.75 Å². The Labute approximate surface area is 164 Å². The minimum absolute atomic E-state index is 0.129. The zero-order chi connectivity index (χ0) is 20.1. The predicted molar refractivity (Wildman–Crippen MR) is 107 cm³/mol. The number of nitrogen functional groups attached to an aromatic ring is 1. The molecule has 3 rings (SSSR count). The van der Waals surface area contributed by atoms with Crippen molar-refractivity contribution in [3.8, 4) is 5.75 Å². The molecule has 2 heterocycles. The molecule has 0 amide bonds. The Morgan fingerprint density at radius 1 is 1.36 bits per heavy atom. The number of hydrogen-bond acceptors (Lipinski definition) is 8. The Kier molecular flexibility index (Phi) is 6.20. The van der Waals surface area contributed by atoms with Gasteiger partial charge in [-0.2, -0.15) is 4.98 Å². The summed E-state index contributed by atoms with van der Waals surface area (Å²) in [6.45, 7) is 4.06. The first-order valence-electron chi connectivity index (χ1n) is 9.26. The SMILES string of the molecule is COc1ccc(C)cc1C(=O)c1cnc(NC2CCN(CC=O)CC2)nc1N. The molecule has 8 nitrogen and oxygen atoms in total. The fraction of sp³-hybridized carbons (Fsp3) is 0.400. The Hall–Kier alpha value is -3.00. The van der Waals surface area contributed by atoms with Crippen molar-refractivity contribution in [1.82, 2.24) is 14.9 Å². The average Bonchev–Trinajstić information content (AvgIpc) is 2.69. The lowest BCUT2D eigenvalue weighted by molar-refractivity contribution is -0.109. The van der Waals surface area contributed by atoms with E-state index < -0.39 is 0 Å². The number of carbonyl (C=O) groups is 2. The number of nitrogens with two attached hydrogens (primary N) is 1. The normalized spacial score (nSPS) is 15.2. The van der Waals surface area contributed by atoms with Gasteiger partial charge in [0.05, 0.1) is 24.8 Å². The lowest BCUT2D eigenvalue weighted by atomic mass is 10.0. The number of nitrogens with one attached hydrogen (secondary N) is 1. The van der Waals surface area contributed by atoms with Crippen LogP contribution < -0.4 is 15.8 Å². The molecule has 0 saturated carbocycles. The number of aryl methyl sites for hydroxylation is 1. The van der Waals surface area contributed by atoms with Crippen molar-refractivity contribution in [1.29, 1.82) is 0 Å². The van der Waals surface area contributed by atoms with E-state index in [1.165, 1.54) is 13.3 Å². The van der Waals surface area contributed by atoms with Crippen LogP contribution >= 0.6 is 0 Å². The monoisotopic (exact) mass is 383 g/mol. The third-order valence-electron chi connectivity index (χ3n) is 4.92. The van der Waals surface area contributed by atoms with Crippen LogP contribution in [0.3, 0.4) is 0 Å². The highest BCUT2D eigenvalue weighted by Gasteiger charge is 2.22. The summed E-state index contributed by atoms with van der Waals surface area (Å²) >= 11 is 0. The van der Waals surface area contributed by atoms with E-state index in [1.807, 2.05) is 13.0 Å². The molecule has 3 N–H and O–H groups in total. The van der Waals surface area contributed by atoms with Gasteiger partial charge in [0.15, 0.2) is 0 Å². The van der Waals surface area contributed by atoms with E-state index in [9.17, 15) is 9.59 Å². The quantitative estimate of drug-likeness (QED) is 0.549. The van der Waals surface area contributed by atoms with Gasteiger partial charge in [-0.3, -0.25) is 9.69 Å². The summed E-state index contributed by atoms with van der Waals surface area (Å²) in [5.41, 5.74) is 7.68. The molecule has 0 unspecified atom stereocenters. The number of ketones is 1. The molecular weight excluding hydrogens is 358 g/mol. The molecule has 1 aromatic carbocycles. The van der Waals surface area contributed by atoms with Crippen molar-refractivity contribution >= 4 is 23.8 Å². The first-order chi connectivity index (χ1) is 13.5.